The fourth-order valence-corrected chi connectivity index (χ4v) is 11.2. The highest BCUT2D eigenvalue weighted by molar-refractivity contribution is 6.33. The minimum Gasteiger partial charge on any atom is -0.496 e. The summed E-state index contributed by atoms with van der Waals surface area (Å²) >= 11 is 12.4. The van der Waals surface area contributed by atoms with Crippen LogP contribution in [0.4, 0.5) is 4.39 Å². The number of imidazole rings is 6. The molecule has 15 rings (SSSR count). The number of nitrogens with zero attached hydrogens (tertiary/aromatic N) is 12. The summed E-state index contributed by atoms with van der Waals surface area (Å²) in [5.74, 6) is 4.67. The lowest BCUT2D eigenvalue weighted by Crippen LogP contribution is -1.92. The van der Waals surface area contributed by atoms with E-state index in [1.54, 1.807) is 27.5 Å². The second kappa shape index (κ2) is 18.2. The Morgan fingerprint density at radius 2 is 0.720 bits per heavy atom. The summed E-state index contributed by atoms with van der Waals surface area (Å²) in [6.45, 7) is 6.12. The number of pyridine rings is 6. The Balaban J connectivity index is 0.000000108. The summed E-state index contributed by atoms with van der Waals surface area (Å²) in [4.78, 5) is 28.5. The van der Waals surface area contributed by atoms with E-state index in [0.29, 0.717) is 51.2 Å². The van der Waals surface area contributed by atoms with Gasteiger partial charge in [-0.1, -0.05) is 23.2 Å². The van der Waals surface area contributed by atoms with Gasteiger partial charge in [-0.25, -0.2) is 34.3 Å². The van der Waals surface area contributed by atoms with Crippen LogP contribution in [0.5, 0.6) is 17.2 Å². The van der Waals surface area contributed by atoms with E-state index in [2.05, 4.69) is 44.8 Å². The molecular formula is C57H51Cl2FN12O3. The van der Waals surface area contributed by atoms with Crippen molar-refractivity contribution in [1.82, 2.24) is 56.3 Å². The zero-order chi connectivity index (χ0) is 51.4. The van der Waals surface area contributed by atoms with Crippen molar-refractivity contribution in [3.05, 3.63) is 196 Å². The molecule has 6 atom stereocenters. The second-order valence-corrected chi connectivity index (χ2v) is 20.7. The van der Waals surface area contributed by atoms with Crippen LogP contribution < -0.4 is 14.2 Å². The Kier molecular flexibility index (Phi) is 11.3. The summed E-state index contributed by atoms with van der Waals surface area (Å²) in [5, 5.41) is 1.35. The summed E-state index contributed by atoms with van der Waals surface area (Å²) in [7, 11) is 5.06. The second-order valence-electron chi connectivity index (χ2n) is 19.8. The lowest BCUT2D eigenvalue weighted by atomic mass is 10.2. The number of ether oxygens (including phenoxy) is 3. The third-order valence-corrected chi connectivity index (χ3v) is 15.8. The smallest absolute Gasteiger partial charge is 0.155 e. The van der Waals surface area contributed by atoms with E-state index < -0.39 is 0 Å². The molecule has 12 aromatic rings. The molecule has 6 unspecified atom stereocenters. The Bertz CT molecular complexity index is 4010. The molecule has 3 saturated carbocycles. The summed E-state index contributed by atoms with van der Waals surface area (Å²) in [6.07, 6.45) is 27.3. The predicted octanol–water partition coefficient (Wildman–Crippen LogP) is 12.2. The number of fused-ring (bicyclic) bond motifs is 6. The number of rotatable bonds is 9. The highest BCUT2D eigenvalue weighted by Crippen LogP contribution is 2.56. The van der Waals surface area contributed by atoms with Gasteiger partial charge in [-0.3, -0.25) is 0 Å². The van der Waals surface area contributed by atoms with Crippen molar-refractivity contribution < 1.29 is 18.6 Å². The average Bonchev–Trinajstić information content (AvgIpc) is 4.24. The number of aryl methyl sites for hydroxylation is 3. The van der Waals surface area contributed by atoms with Gasteiger partial charge in [-0.15, -0.1) is 0 Å². The van der Waals surface area contributed by atoms with Gasteiger partial charge in [0, 0.05) is 133 Å². The first-order valence-corrected chi connectivity index (χ1v) is 25.7. The van der Waals surface area contributed by atoms with Crippen molar-refractivity contribution in [2.24, 2.45) is 0 Å². The Labute approximate surface area is 439 Å². The maximum atomic E-state index is 13.3. The zero-order valence-corrected chi connectivity index (χ0v) is 43.4. The number of aromatic nitrogens is 12. The maximum absolute atomic E-state index is 13.3. The molecule has 0 spiro atoms. The van der Waals surface area contributed by atoms with Gasteiger partial charge >= 0.3 is 0 Å². The normalized spacial score (nSPS) is 19.6. The van der Waals surface area contributed by atoms with Gasteiger partial charge in [0.25, 0.3) is 0 Å². The molecule has 0 amide bonds. The molecule has 0 aliphatic heterocycles. The number of methoxy groups -OCH3 is 3. The quantitative estimate of drug-likeness (QED) is 0.139. The van der Waals surface area contributed by atoms with E-state index in [1.807, 2.05) is 118 Å². The summed E-state index contributed by atoms with van der Waals surface area (Å²) in [5.41, 5.74) is 14.8. The first-order valence-electron chi connectivity index (χ1n) is 24.9. The molecule has 0 radical (unpaired) electrons. The fourth-order valence-electron chi connectivity index (χ4n) is 10.8. The maximum Gasteiger partial charge on any atom is 0.155 e. The molecular weight excluding hydrogens is 991 g/mol. The summed E-state index contributed by atoms with van der Waals surface area (Å²) < 4.78 is 41.6. The fraction of sp³-hybridized carbons (Fsp3) is 0.263. The molecule has 3 aliphatic carbocycles. The van der Waals surface area contributed by atoms with Gasteiger partial charge in [0.05, 0.1) is 65.5 Å². The Morgan fingerprint density at radius 3 is 1.07 bits per heavy atom. The van der Waals surface area contributed by atoms with E-state index in [4.69, 9.17) is 62.3 Å². The van der Waals surface area contributed by atoms with Crippen molar-refractivity contribution in [1.29, 1.82) is 0 Å². The number of halogens is 3. The lowest BCUT2D eigenvalue weighted by molar-refractivity contribution is 0.411. The minimum absolute atomic E-state index is 0.262. The molecule has 0 bridgehead atoms. The molecule has 18 heteroatoms. The highest BCUT2D eigenvalue weighted by Gasteiger charge is 2.45. The molecule has 3 fully saturated rings. The molecule has 75 heavy (non-hydrogen) atoms. The SMILES string of the molecule is COc1ccn2cc(C3CC3c3cn4ccc(F)cc4n3)nc2c1C.COc1ccn2cc(C3CC3c3cn4ccc(OC)c(C)c4n3)nc2c1C.Clc1cccn2cc(C3CC3c3cn4cccc(Cl)c4n3)nc12. The molecule has 3 aliphatic rings. The van der Waals surface area contributed by atoms with Crippen LogP contribution in [0.25, 0.3) is 33.9 Å². The largest absolute Gasteiger partial charge is 0.496 e. The van der Waals surface area contributed by atoms with E-state index in [9.17, 15) is 4.39 Å². The van der Waals surface area contributed by atoms with Crippen LogP contribution in [-0.4, -0.2) is 77.6 Å². The third-order valence-electron chi connectivity index (χ3n) is 15.2. The van der Waals surface area contributed by atoms with Crippen molar-refractivity contribution in [3.63, 3.8) is 0 Å². The standard InChI is InChI=1S/C21H22N4O2.C19H17FN4O.C17H12Cl2N4/c1-12-18(26-3)5-7-24-10-16(22-20(12)24)14-9-15(14)17-11-25-8-6-19(27-4)13(2)21(25)23-17;1-11-17(25-2)4-6-24-10-16(22-19(11)24)14-8-13(14)15-9-23-5-3-12(20)7-18(23)21-15;18-12-3-1-5-22-8-14(20-16(12)22)10-7-11(10)15-9-23-6-2-4-13(19)17(23)21-15/h5-8,10-11,14-15H,9H2,1-4H3;3-7,9-10,13-14H,8H2,1-2H3;1-6,8-11H,7H2. The van der Waals surface area contributed by atoms with Crippen molar-refractivity contribution >= 4 is 57.1 Å². The zero-order valence-electron chi connectivity index (χ0n) is 41.9. The minimum atomic E-state index is -0.262. The molecule has 15 nitrogen and oxygen atoms in total. The van der Waals surface area contributed by atoms with Gasteiger partial charge in [0.15, 0.2) is 11.3 Å². The lowest BCUT2D eigenvalue weighted by Gasteiger charge is -2.04. The first-order chi connectivity index (χ1) is 36.4. The third kappa shape index (κ3) is 8.36. The van der Waals surface area contributed by atoms with Crippen LogP contribution in [0.1, 0.15) is 106 Å². The molecule has 12 heterocycles. The molecule has 0 aromatic carbocycles. The molecule has 12 aromatic heterocycles. The highest BCUT2D eigenvalue weighted by atomic mass is 35.5. The van der Waals surface area contributed by atoms with Crippen molar-refractivity contribution in [2.45, 2.75) is 75.5 Å². The van der Waals surface area contributed by atoms with E-state index in [0.717, 1.165) is 116 Å². The van der Waals surface area contributed by atoms with Crippen LogP contribution in [-0.2, 0) is 0 Å². The monoisotopic (exact) mass is 1040 g/mol. The average molecular weight is 1040 g/mol. The van der Waals surface area contributed by atoms with Crippen molar-refractivity contribution in [2.75, 3.05) is 21.3 Å². The van der Waals surface area contributed by atoms with E-state index >= 15 is 0 Å². The van der Waals surface area contributed by atoms with Crippen LogP contribution in [0.2, 0.25) is 10.0 Å². The van der Waals surface area contributed by atoms with Crippen LogP contribution in [0.3, 0.4) is 0 Å². The van der Waals surface area contributed by atoms with Gasteiger partial charge in [-0.2, -0.15) is 0 Å². The summed E-state index contributed by atoms with van der Waals surface area (Å²) in [6, 6.07) is 16.4. The number of hydrogen-bond donors (Lipinski definition) is 0. The number of hydrogen-bond acceptors (Lipinski definition) is 9. The molecule has 0 N–H and O–H groups in total. The van der Waals surface area contributed by atoms with Gasteiger partial charge in [0.1, 0.15) is 45.7 Å². The van der Waals surface area contributed by atoms with Gasteiger partial charge in [-0.05, 0) is 88.6 Å². The first kappa shape index (κ1) is 46.8. The Hall–Kier alpha value is -7.95. The van der Waals surface area contributed by atoms with E-state index in [-0.39, 0.29) is 5.82 Å². The van der Waals surface area contributed by atoms with Gasteiger partial charge < -0.3 is 40.6 Å². The van der Waals surface area contributed by atoms with E-state index in [1.165, 1.54) is 12.1 Å². The van der Waals surface area contributed by atoms with Crippen LogP contribution in [0, 0.1) is 26.6 Å². The topological polar surface area (TPSA) is 131 Å². The molecule has 378 valence electrons. The Morgan fingerprint density at radius 1 is 0.413 bits per heavy atom. The molecule has 0 saturated heterocycles. The van der Waals surface area contributed by atoms with Crippen LogP contribution in [0.15, 0.2) is 129 Å². The van der Waals surface area contributed by atoms with Crippen molar-refractivity contribution in [3.8, 4) is 17.2 Å². The predicted molar refractivity (Wildman–Crippen MR) is 285 cm³/mol. The van der Waals surface area contributed by atoms with Gasteiger partial charge in [0.2, 0.25) is 0 Å². The van der Waals surface area contributed by atoms with Crippen LogP contribution >= 0.6 is 23.2 Å².